The van der Waals surface area contributed by atoms with Crippen LogP contribution in [0.3, 0.4) is 0 Å². The number of amides is 1. The molecule has 1 aliphatic heterocycles. The number of aryl methyl sites for hydroxylation is 1. The van der Waals surface area contributed by atoms with E-state index in [0.29, 0.717) is 32.5 Å². The average molecular weight is 335 g/mol. The molecular formula is C14H20F3N3OS. The van der Waals surface area contributed by atoms with E-state index in [1.165, 1.54) is 16.2 Å². The molecule has 1 aromatic rings. The zero-order chi connectivity index (χ0) is 16.3. The second-order valence-corrected chi connectivity index (χ2v) is 6.78. The number of aromatic nitrogens is 1. The van der Waals surface area contributed by atoms with Crippen molar-refractivity contribution in [3.63, 3.8) is 0 Å². The summed E-state index contributed by atoms with van der Waals surface area (Å²) in [5.41, 5.74) is 0.854. The Kier molecular flexibility index (Phi) is 5.44. The van der Waals surface area contributed by atoms with Gasteiger partial charge in [-0.2, -0.15) is 13.2 Å². The van der Waals surface area contributed by atoms with Crippen LogP contribution in [0.5, 0.6) is 0 Å². The molecule has 0 unspecified atom stereocenters. The molecule has 2 heterocycles. The van der Waals surface area contributed by atoms with E-state index in [-0.39, 0.29) is 11.8 Å². The SMILES string of the molecule is Cc1nc(CN(C)C(=O)C2CCN(CC(F)(F)F)CC2)cs1. The number of carbonyl (C=O) groups excluding carboxylic acids is 1. The van der Waals surface area contributed by atoms with Gasteiger partial charge in [0, 0.05) is 18.3 Å². The molecule has 1 amide bonds. The molecule has 1 fully saturated rings. The van der Waals surface area contributed by atoms with Crippen LogP contribution in [-0.2, 0) is 11.3 Å². The molecule has 0 N–H and O–H groups in total. The summed E-state index contributed by atoms with van der Waals surface area (Å²) in [7, 11) is 1.72. The Morgan fingerprint density at radius 2 is 2.09 bits per heavy atom. The third kappa shape index (κ3) is 4.95. The van der Waals surface area contributed by atoms with Gasteiger partial charge >= 0.3 is 6.18 Å². The van der Waals surface area contributed by atoms with Crippen molar-refractivity contribution in [1.29, 1.82) is 0 Å². The van der Waals surface area contributed by atoms with Crippen molar-refractivity contribution in [2.75, 3.05) is 26.7 Å². The van der Waals surface area contributed by atoms with Crippen molar-refractivity contribution in [1.82, 2.24) is 14.8 Å². The van der Waals surface area contributed by atoms with Crippen LogP contribution in [-0.4, -0.2) is 53.5 Å². The van der Waals surface area contributed by atoms with Gasteiger partial charge in [-0.3, -0.25) is 9.69 Å². The summed E-state index contributed by atoms with van der Waals surface area (Å²) in [6.07, 6.45) is -3.21. The van der Waals surface area contributed by atoms with Crippen LogP contribution in [0.15, 0.2) is 5.38 Å². The lowest BCUT2D eigenvalue weighted by Crippen LogP contribution is -2.44. The maximum absolute atomic E-state index is 12.4. The highest BCUT2D eigenvalue weighted by atomic mass is 32.1. The van der Waals surface area contributed by atoms with Crippen molar-refractivity contribution < 1.29 is 18.0 Å². The highest BCUT2D eigenvalue weighted by molar-refractivity contribution is 7.09. The lowest BCUT2D eigenvalue weighted by atomic mass is 9.95. The number of piperidine rings is 1. The second-order valence-electron chi connectivity index (χ2n) is 5.72. The summed E-state index contributed by atoms with van der Waals surface area (Å²) in [4.78, 5) is 19.7. The van der Waals surface area contributed by atoms with Crippen LogP contribution in [0.1, 0.15) is 23.5 Å². The van der Waals surface area contributed by atoms with Crippen LogP contribution in [0, 0.1) is 12.8 Å². The maximum Gasteiger partial charge on any atom is 0.401 e. The second kappa shape index (κ2) is 6.95. The highest BCUT2D eigenvalue weighted by Crippen LogP contribution is 2.24. The fourth-order valence-electron chi connectivity index (χ4n) is 2.71. The number of nitrogens with zero attached hydrogens (tertiary/aromatic N) is 3. The minimum absolute atomic E-state index is 0.00249. The largest absolute Gasteiger partial charge is 0.401 e. The summed E-state index contributed by atoms with van der Waals surface area (Å²) in [5, 5.41) is 2.88. The van der Waals surface area contributed by atoms with Crippen molar-refractivity contribution in [3.05, 3.63) is 16.1 Å². The molecule has 8 heteroatoms. The van der Waals surface area contributed by atoms with Gasteiger partial charge in [0.15, 0.2) is 0 Å². The van der Waals surface area contributed by atoms with Gasteiger partial charge < -0.3 is 4.90 Å². The summed E-state index contributed by atoms with van der Waals surface area (Å²) >= 11 is 1.54. The van der Waals surface area contributed by atoms with Crippen LogP contribution in [0.25, 0.3) is 0 Å². The normalized spacial score (nSPS) is 17.7. The van der Waals surface area contributed by atoms with E-state index in [2.05, 4.69) is 4.98 Å². The fourth-order valence-corrected chi connectivity index (χ4v) is 3.31. The minimum atomic E-state index is -4.17. The molecule has 1 aromatic heterocycles. The zero-order valence-electron chi connectivity index (χ0n) is 12.7. The number of carbonyl (C=O) groups is 1. The van der Waals surface area contributed by atoms with Gasteiger partial charge in [0.05, 0.1) is 23.8 Å². The van der Waals surface area contributed by atoms with E-state index in [1.807, 2.05) is 12.3 Å². The van der Waals surface area contributed by atoms with Crippen molar-refractivity contribution in [2.45, 2.75) is 32.5 Å². The van der Waals surface area contributed by atoms with E-state index in [0.717, 1.165) is 10.7 Å². The molecule has 0 atom stereocenters. The Balaban J connectivity index is 1.81. The maximum atomic E-state index is 12.4. The molecular weight excluding hydrogens is 315 g/mol. The van der Waals surface area contributed by atoms with Gasteiger partial charge in [-0.15, -0.1) is 11.3 Å². The molecule has 0 aliphatic carbocycles. The molecule has 4 nitrogen and oxygen atoms in total. The molecule has 2 rings (SSSR count). The van der Waals surface area contributed by atoms with Gasteiger partial charge in [-0.1, -0.05) is 0 Å². The first kappa shape index (κ1) is 17.2. The number of halogens is 3. The van der Waals surface area contributed by atoms with Crippen LogP contribution in [0.4, 0.5) is 13.2 Å². The number of alkyl halides is 3. The van der Waals surface area contributed by atoms with Gasteiger partial charge in [-0.05, 0) is 32.9 Å². The van der Waals surface area contributed by atoms with E-state index in [1.54, 1.807) is 11.9 Å². The van der Waals surface area contributed by atoms with Gasteiger partial charge in [0.2, 0.25) is 5.91 Å². The third-order valence-corrected chi connectivity index (χ3v) is 4.60. The lowest BCUT2D eigenvalue weighted by molar-refractivity contribution is -0.150. The van der Waals surface area contributed by atoms with E-state index in [4.69, 9.17) is 0 Å². The molecule has 22 heavy (non-hydrogen) atoms. The van der Waals surface area contributed by atoms with Gasteiger partial charge in [0.1, 0.15) is 0 Å². The fraction of sp³-hybridized carbons (Fsp3) is 0.714. The van der Waals surface area contributed by atoms with Crippen molar-refractivity contribution in [3.8, 4) is 0 Å². The number of hydrogen-bond acceptors (Lipinski definition) is 4. The Morgan fingerprint density at radius 3 is 2.59 bits per heavy atom. The molecule has 124 valence electrons. The molecule has 0 bridgehead atoms. The standard InChI is InChI=1S/C14H20F3N3OS/c1-10-18-12(8-22-10)7-19(2)13(21)11-3-5-20(6-4-11)9-14(15,16)17/h8,11H,3-7,9H2,1-2H3. The van der Waals surface area contributed by atoms with Crippen molar-refractivity contribution in [2.24, 2.45) is 5.92 Å². The smallest absolute Gasteiger partial charge is 0.340 e. The Hall–Kier alpha value is -1.15. The van der Waals surface area contributed by atoms with Crippen LogP contribution < -0.4 is 0 Å². The first-order chi connectivity index (χ1) is 10.2. The van der Waals surface area contributed by atoms with E-state index in [9.17, 15) is 18.0 Å². The zero-order valence-corrected chi connectivity index (χ0v) is 13.5. The Bertz CT molecular complexity index is 510. The van der Waals surface area contributed by atoms with E-state index >= 15 is 0 Å². The predicted octanol–water partition coefficient (Wildman–Crippen LogP) is 2.68. The Morgan fingerprint density at radius 1 is 1.45 bits per heavy atom. The van der Waals surface area contributed by atoms with E-state index < -0.39 is 12.7 Å². The number of thiazole rings is 1. The third-order valence-electron chi connectivity index (χ3n) is 3.78. The number of hydrogen-bond donors (Lipinski definition) is 0. The highest BCUT2D eigenvalue weighted by Gasteiger charge is 2.34. The lowest BCUT2D eigenvalue weighted by Gasteiger charge is -2.33. The molecule has 0 radical (unpaired) electrons. The van der Waals surface area contributed by atoms with Crippen LogP contribution >= 0.6 is 11.3 Å². The molecule has 1 saturated heterocycles. The summed E-state index contributed by atoms with van der Waals surface area (Å²) in [6, 6.07) is 0. The molecule has 0 saturated carbocycles. The van der Waals surface area contributed by atoms with Gasteiger partial charge in [-0.25, -0.2) is 4.98 Å². The molecule has 1 aliphatic rings. The quantitative estimate of drug-likeness (QED) is 0.849. The predicted molar refractivity (Wildman–Crippen MR) is 78.5 cm³/mol. The van der Waals surface area contributed by atoms with Crippen molar-refractivity contribution >= 4 is 17.2 Å². The average Bonchev–Trinajstić information content (AvgIpc) is 2.82. The van der Waals surface area contributed by atoms with Crippen LogP contribution in [0.2, 0.25) is 0 Å². The number of likely N-dealkylation sites (tertiary alicyclic amines) is 1. The summed E-state index contributed by atoms with van der Waals surface area (Å²) in [5.74, 6) is -0.188. The number of rotatable bonds is 4. The molecule has 0 aromatic carbocycles. The summed E-state index contributed by atoms with van der Waals surface area (Å²) in [6.45, 7) is 2.11. The first-order valence-corrected chi connectivity index (χ1v) is 8.07. The minimum Gasteiger partial charge on any atom is -0.340 e. The first-order valence-electron chi connectivity index (χ1n) is 7.19. The Labute approximate surface area is 131 Å². The van der Waals surface area contributed by atoms with Gasteiger partial charge in [0.25, 0.3) is 0 Å². The summed E-state index contributed by atoms with van der Waals surface area (Å²) < 4.78 is 37.0. The monoisotopic (exact) mass is 335 g/mol. The topological polar surface area (TPSA) is 36.4 Å². The molecule has 0 spiro atoms.